The number of nitrogens with one attached hydrogen (secondary N) is 1. The highest BCUT2D eigenvalue weighted by atomic mass is 32.2. The molecule has 0 saturated carbocycles. The molecule has 0 unspecified atom stereocenters. The zero-order valence-corrected chi connectivity index (χ0v) is 11.6. The monoisotopic (exact) mass is 317 g/mol. The molecule has 2 rings (SSSR count). The van der Waals surface area contributed by atoms with Crippen molar-refractivity contribution < 1.29 is 18.0 Å². The Hall–Kier alpha value is -2.03. The van der Waals surface area contributed by atoms with Crippen molar-refractivity contribution in [3.63, 3.8) is 0 Å². The molecule has 0 saturated heterocycles. The van der Waals surface area contributed by atoms with Gasteiger partial charge < -0.3 is 0 Å². The topological polar surface area (TPSA) is 67.8 Å². The highest BCUT2D eigenvalue weighted by molar-refractivity contribution is 7.99. The van der Waals surface area contributed by atoms with E-state index in [4.69, 9.17) is 0 Å². The minimum atomic E-state index is -4.62. The van der Waals surface area contributed by atoms with E-state index >= 15 is 0 Å². The second-order valence-electron chi connectivity index (χ2n) is 4.02. The third kappa shape index (κ3) is 3.18. The van der Waals surface area contributed by atoms with Crippen molar-refractivity contribution in [1.82, 2.24) is 14.8 Å². The molecule has 1 aromatic heterocycles. The van der Waals surface area contributed by atoms with Gasteiger partial charge in [-0.15, -0.1) is 5.10 Å². The van der Waals surface area contributed by atoms with Crippen LogP contribution in [-0.2, 0) is 12.7 Å². The number of halogens is 3. The third-order valence-corrected chi connectivity index (χ3v) is 3.69. The summed E-state index contributed by atoms with van der Waals surface area (Å²) in [5.41, 5.74) is -1.87. The first-order valence-corrected chi connectivity index (χ1v) is 6.68. The van der Waals surface area contributed by atoms with Crippen molar-refractivity contribution in [3.8, 4) is 0 Å². The Kier molecular flexibility index (Phi) is 4.21. The minimum absolute atomic E-state index is 0.161. The first kappa shape index (κ1) is 15.4. The first-order chi connectivity index (χ1) is 9.86. The van der Waals surface area contributed by atoms with Crippen LogP contribution in [-0.4, -0.2) is 21.1 Å². The number of hydrogen-bond donors (Lipinski definition) is 1. The number of alkyl halides is 3. The molecule has 0 radical (unpaired) electrons. The highest BCUT2D eigenvalue weighted by Gasteiger charge is 2.33. The number of aldehydes is 1. The molecule has 1 N–H and O–H groups in total. The van der Waals surface area contributed by atoms with Gasteiger partial charge in [0.2, 0.25) is 0 Å². The Morgan fingerprint density at radius 3 is 2.71 bits per heavy atom. The number of benzene rings is 1. The lowest BCUT2D eigenvalue weighted by molar-refractivity contribution is -0.138. The standard InChI is InChI=1S/C12H10F3N3O2S/c1-2-18-10(20)16-17-11(18)21-8-4-3-7(6-19)9(5-8)12(13,14)15/h3-6H,2H2,1H3,(H,16,20). The molecule has 1 heterocycles. The molecule has 5 nitrogen and oxygen atoms in total. The van der Waals surface area contributed by atoms with Crippen LogP contribution in [0.15, 0.2) is 33.0 Å². The molecule has 0 aliphatic heterocycles. The Balaban J connectivity index is 2.42. The first-order valence-electron chi connectivity index (χ1n) is 5.86. The number of hydrogen-bond acceptors (Lipinski definition) is 4. The van der Waals surface area contributed by atoms with E-state index in [2.05, 4.69) is 10.2 Å². The van der Waals surface area contributed by atoms with Crippen molar-refractivity contribution in [1.29, 1.82) is 0 Å². The van der Waals surface area contributed by atoms with Gasteiger partial charge in [0, 0.05) is 17.0 Å². The summed E-state index contributed by atoms with van der Waals surface area (Å²) in [5.74, 6) is 0. The van der Waals surface area contributed by atoms with E-state index in [1.54, 1.807) is 6.92 Å². The van der Waals surface area contributed by atoms with E-state index in [0.29, 0.717) is 6.54 Å². The van der Waals surface area contributed by atoms with Crippen LogP contribution in [0.4, 0.5) is 13.2 Å². The largest absolute Gasteiger partial charge is 0.417 e. The van der Waals surface area contributed by atoms with Gasteiger partial charge in [-0.1, -0.05) is 0 Å². The number of carbonyl (C=O) groups is 1. The second-order valence-corrected chi connectivity index (χ2v) is 5.06. The van der Waals surface area contributed by atoms with Crippen LogP contribution in [0.3, 0.4) is 0 Å². The van der Waals surface area contributed by atoms with Crippen LogP contribution in [0.2, 0.25) is 0 Å². The van der Waals surface area contributed by atoms with Gasteiger partial charge >= 0.3 is 11.9 Å². The van der Waals surface area contributed by atoms with E-state index in [9.17, 15) is 22.8 Å². The van der Waals surface area contributed by atoms with Crippen molar-refractivity contribution in [2.75, 3.05) is 0 Å². The molecule has 2 aromatic rings. The SMILES string of the molecule is CCn1c(Sc2ccc(C=O)c(C(F)(F)F)c2)n[nH]c1=O. The van der Waals surface area contributed by atoms with E-state index in [-0.39, 0.29) is 16.3 Å². The molecule has 9 heteroatoms. The normalized spacial score (nSPS) is 11.6. The summed E-state index contributed by atoms with van der Waals surface area (Å²) < 4.78 is 39.9. The molecule has 0 fully saturated rings. The molecule has 0 aliphatic carbocycles. The van der Waals surface area contributed by atoms with E-state index in [1.165, 1.54) is 10.6 Å². The predicted octanol–water partition coefficient (Wildman–Crippen LogP) is 2.57. The molecule has 0 bridgehead atoms. The Morgan fingerprint density at radius 2 is 2.14 bits per heavy atom. The van der Waals surface area contributed by atoms with Crippen LogP contribution < -0.4 is 5.69 Å². The van der Waals surface area contributed by atoms with Crippen molar-refractivity contribution in [2.24, 2.45) is 0 Å². The van der Waals surface area contributed by atoms with Gasteiger partial charge in [-0.2, -0.15) is 13.2 Å². The molecule has 1 aromatic carbocycles. The average molecular weight is 317 g/mol. The highest BCUT2D eigenvalue weighted by Crippen LogP contribution is 2.35. The van der Waals surface area contributed by atoms with Crippen LogP contribution in [0.1, 0.15) is 22.8 Å². The van der Waals surface area contributed by atoms with Crippen LogP contribution in [0.25, 0.3) is 0 Å². The summed E-state index contributed by atoms with van der Waals surface area (Å²) >= 11 is 0.914. The van der Waals surface area contributed by atoms with Gasteiger partial charge in [0.25, 0.3) is 0 Å². The Bertz CT molecular complexity index is 721. The van der Waals surface area contributed by atoms with Crippen LogP contribution in [0.5, 0.6) is 0 Å². The number of rotatable bonds is 4. The fourth-order valence-corrected chi connectivity index (χ4v) is 2.65. The maximum absolute atomic E-state index is 12.9. The molecular weight excluding hydrogens is 307 g/mol. The average Bonchev–Trinajstić information content (AvgIpc) is 2.78. The fraction of sp³-hybridized carbons (Fsp3) is 0.250. The van der Waals surface area contributed by atoms with Gasteiger partial charge in [-0.3, -0.25) is 9.36 Å². The van der Waals surface area contributed by atoms with E-state index in [1.807, 2.05) is 0 Å². The molecule has 0 atom stereocenters. The summed E-state index contributed by atoms with van der Waals surface area (Å²) in [7, 11) is 0. The summed E-state index contributed by atoms with van der Waals surface area (Å²) in [6, 6.07) is 3.34. The van der Waals surface area contributed by atoms with Crippen molar-refractivity contribution >= 4 is 18.0 Å². The van der Waals surface area contributed by atoms with Gasteiger partial charge in [-0.25, -0.2) is 9.89 Å². The number of nitrogens with zero attached hydrogens (tertiary/aromatic N) is 2. The molecule has 21 heavy (non-hydrogen) atoms. The maximum Gasteiger partial charge on any atom is 0.417 e. The molecule has 112 valence electrons. The number of aromatic amines is 1. The predicted molar refractivity (Wildman–Crippen MR) is 69.5 cm³/mol. The third-order valence-electron chi connectivity index (χ3n) is 2.71. The zero-order chi connectivity index (χ0) is 15.6. The van der Waals surface area contributed by atoms with E-state index in [0.717, 1.165) is 23.9 Å². The van der Waals surface area contributed by atoms with Crippen LogP contribution in [0, 0.1) is 0 Å². The summed E-state index contributed by atoms with van der Waals surface area (Å²) in [6.07, 6.45) is -4.46. The number of aromatic nitrogens is 3. The number of carbonyl (C=O) groups excluding carboxylic acids is 1. The smallest absolute Gasteiger partial charge is 0.298 e. The van der Waals surface area contributed by atoms with Crippen LogP contribution >= 0.6 is 11.8 Å². The lowest BCUT2D eigenvalue weighted by Gasteiger charge is -2.11. The second kappa shape index (κ2) is 5.76. The number of H-pyrrole nitrogens is 1. The van der Waals surface area contributed by atoms with Gasteiger partial charge in [0.1, 0.15) is 0 Å². The maximum atomic E-state index is 12.9. The van der Waals surface area contributed by atoms with Gasteiger partial charge in [0.05, 0.1) is 5.56 Å². The van der Waals surface area contributed by atoms with Crippen molar-refractivity contribution in [3.05, 3.63) is 39.8 Å². The molecule has 0 amide bonds. The Morgan fingerprint density at radius 1 is 1.43 bits per heavy atom. The lowest BCUT2D eigenvalue weighted by atomic mass is 10.1. The minimum Gasteiger partial charge on any atom is -0.298 e. The zero-order valence-electron chi connectivity index (χ0n) is 10.8. The molecule has 0 aliphatic rings. The quantitative estimate of drug-likeness (QED) is 0.880. The molecule has 0 spiro atoms. The summed E-state index contributed by atoms with van der Waals surface area (Å²) in [6.45, 7) is 2.06. The fourth-order valence-electron chi connectivity index (χ4n) is 1.71. The molecular formula is C12H10F3N3O2S. The summed E-state index contributed by atoms with van der Waals surface area (Å²) in [5, 5.41) is 6.25. The van der Waals surface area contributed by atoms with E-state index < -0.39 is 23.0 Å². The van der Waals surface area contributed by atoms with Crippen molar-refractivity contribution in [2.45, 2.75) is 29.7 Å². The van der Waals surface area contributed by atoms with Gasteiger partial charge in [0.15, 0.2) is 11.4 Å². The van der Waals surface area contributed by atoms with Gasteiger partial charge in [-0.05, 0) is 36.9 Å². The Labute approximate surface area is 121 Å². The summed E-state index contributed by atoms with van der Waals surface area (Å²) in [4.78, 5) is 22.3. The lowest BCUT2D eigenvalue weighted by Crippen LogP contribution is -2.16.